The van der Waals surface area contributed by atoms with Crippen molar-refractivity contribution in [2.45, 2.75) is 25.6 Å². The largest absolute Gasteiger partial charge is 0.488 e. The van der Waals surface area contributed by atoms with Crippen LogP contribution in [0.3, 0.4) is 0 Å². The van der Waals surface area contributed by atoms with Crippen molar-refractivity contribution in [2.75, 3.05) is 0 Å². The number of benzene rings is 3. The smallest absolute Gasteiger partial charge is 0.416 e. The van der Waals surface area contributed by atoms with Gasteiger partial charge < -0.3 is 4.74 Å². The number of alkyl halides is 5. The van der Waals surface area contributed by atoms with E-state index in [1.807, 2.05) is 30.3 Å². The summed E-state index contributed by atoms with van der Waals surface area (Å²) in [5, 5.41) is 4.27. The zero-order chi connectivity index (χ0) is 25.2. The Labute approximate surface area is 197 Å². The highest BCUT2D eigenvalue weighted by Gasteiger charge is 2.31. The van der Waals surface area contributed by atoms with E-state index in [1.165, 1.54) is 16.8 Å². The molecule has 4 rings (SSSR count). The quantitative estimate of drug-likeness (QED) is 0.253. The van der Waals surface area contributed by atoms with E-state index in [2.05, 4.69) is 5.10 Å². The lowest BCUT2D eigenvalue weighted by Crippen LogP contribution is -2.06. The molecule has 0 aliphatic rings. The molecule has 0 atom stereocenters. The van der Waals surface area contributed by atoms with Crippen LogP contribution in [0, 0.1) is 5.82 Å². The molecule has 0 unspecified atom stereocenters. The summed E-state index contributed by atoms with van der Waals surface area (Å²) >= 11 is 0. The maximum absolute atomic E-state index is 13.8. The first-order chi connectivity index (χ1) is 16.6. The van der Waals surface area contributed by atoms with Gasteiger partial charge in [0.05, 0.1) is 22.5 Å². The van der Waals surface area contributed by atoms with Gasteiger partial charge in [0.15, 0.2) is 0 Å². The van der Waals surface area contributed by atoms with Crippen molar-refractivity contribution >= 4 is 0 Å². The van der Waals surface area contributed by atoms with Crippen LogP contribution in [-0.4, -0.2) is 9.78 Å². The van der Waals surface area contributed by atoms with Gasteiger partial charge in [0.1, 0.15) is 18.2 Å². The van der Waals surface area contributed by atoms with Gasteiger partial charge in [0.25, 0.3) is 6.43 Å². The molecule has 0 radical (unpaired) electrons. The fourth-order valence-electron chi connectivity index (χ4n) is 3.75. The summed E-state index contributed by atoms with van der Waals surface area (Å²) in [6.45, 7) is 0.128. The third-order valence-electron chi connectivity index (χ3n) is 5.38. The normalized spacial score (nSPS) is 11.8. The molecule has 0 aliphatic carbocycles. The van der Waals surface area contributed by atoms with Crippen LogP contribution in [0.15, 0.2) is 72.8 Å². The fraction of sp³-hybridized carbons (Fsp3) is 0.192. The summed E-state index contributed by atoms with van der Waals surface area (Å²) in [6, 6.07) is 17.4. The summed E-state index contributed by atoms with van der Waals surface area (Å²) in [4.78, 5) is 0. The number of aryl methyl sites for hydroxylation is 1. The summed E-state index contributed by atoms with van der Waals surface area (Å²) < 4.78 is 87.4. The highest BCUT2D eigenvalue weighted by Crippen LogP contribution is 2.35. The van der Waals surface area contributed by atoms with E-state index in [0.717, 1.165) is 17.7 Å². The summed E-state index contributed by atoms with van der Waals surface area (Å²) in [5.74, 6) is -0.951. The Morgan fingerprint density at radius 1 is 0.914 bits per heavy atom. The first kappa shape index (κ1) is 24.4. The van der Waals surface area contributed by atoms with Crippen LogP contribution in [-0.2, 0) is 26.3 Å². The molecule has 0 amide bonds. The number of nitrogens with zero attached hydrogens (tertiary/aromatic N) is 2. The van der Waals surface area contributed by atoms with Crippen molar-refractivity contribution < 1.29 is 31.1 Å². The van der Waals surface area contributed by atoms with E-state index in [9.17, 15) is 26.3 Å². The molecule has 1 aromatic heterocycles. The van der Waals surface area contributed by atoms with Crippen molar-refractivity contribution in [1.29, 1.82) is 0 Å². The minimum absolute atomic E-state index is 0.0504. The van der Waals surface area contributed by atoms with E-state index in [0.29, 0.717) is 23.0 Å². The Kier molecular flexibility index (Phi) is 6.86. The van der Waals surface area contributed by atoms with E-state index in [-0.39, 0.29) is 29.9 Å². The average molecular weight is 490 g/mol. The lowest BCUT2D eigenvalue weighted by Gasteiger charge is -2.13. The Morgan fingerprint density at radius 2 is 1.66 bits per heavy atom. The van der Waals surface area contributed by atoms with Crippen LogP contribution < -0.4 is 4.74 Å². The molecule has 1 heterocycles. The first-order valence-corrected chi connectivity index (χ1v) is 10.6. The number of aromatic nitrogens is 2. The molecule has 0 aliphatic heterocycles. The number of ether oxygens (including phenoxy) is 1. The second-order valence-electron chi connectivity index (χ2n) is 7.99. The van der Waals surface area contributed by atoms with E-state index in [4.69, 9.17) is 4.74 Å². The van der Waals surface area contributed by atoms with Crippen molar-refractivity contribution in [2.24, 2.45) is 7.05 Å². The highest BCUT2D eigenvalue weighted by molar-refractivity contribution is 5.63. The zero-order valence-electron chi connectivity index (χ0n) is 18.5. The Bertz CT molecular complexity index is 1320. The molecule has 182 valence electrons. The number of rotatable bonds is 7. The topological polar surface area (TPSA) is 27.1 Å². The summed E-state index contributed by atoms with van der Waals surface area (Å²) in [7, 11) is 1.59. The van der Waals surface area contributed by atoms with Crippen molar-refractivity contribution in [3.8, 4) is 17.0 Å². The molecule has 9 heteroatoms. The van der Waals surface area contributed by atoms with E-state index < -0.39 is 24.0 Å². The Balaban J connectivity index is 1.59. The number of halogens is 6. The van der Waals surface area contributed by atoms with Gasteiger partial charge in [-0.2, -0.15) is 18.3 Å². The van der Waals surface area contributed by atoms with Crippen molar-refractivity contribution in [3.05, 3.63) is 107 Å². The fourth-order valence-corrected chi connectivity index (χ4v) is 3.75. The van der Waals surface area contributed by atoms with Gasteiger partial charge in [-0.25, -0.2) is 13.2 Å². The zero-order valence-corrected chi connectivity index (χ0v) is 18.5. The molecule has 0 spiro atoms. The van der Waals surface area contributed by atoms with E-state index >= 15 is 0 Å². The second-order valence-corrected chi connectivity index (χ2v) is 7.99. The summed E-state index contributed by atoms with van der Waals surface area (Å²) in [5.41, 5.74) is 0.827. The molecule has 3 aromatic carbocycles. The van der Waals surface area contributed by atoms with Gasteiger partial charge in [0, 0.05) is 19.0 Å². The monoisotopic (exact) mass is 490 g/mol. The van der Waals surface area contributed by atoms with Gasteiger partial charge in [0.2, 0.25) is 0 Å². The van der Waals surface area contributed by atoms with Gasteiger partial charge in [-0.15, -0.1) is 0 Å². The van der Waals surface area contributed by atoms with Crippen LogP contribution >= 0.6 is 0 Å². The third-order valence-corrected chi connectivity index (χ3v) is 5.38. The predicted octanol–water partition coefficient (Wildman–Crippen LogP) is 7.35. The van der Waals surface area contributed by atoms with Crippen molar-refractivity contribution in [1.82, 2.24) is 9.78 Å². The van der Waals surface area contributed by atoms with Crippen LogP contribution in [0.5, 0.6) is 5.75 Å². The second kappa shape index (κ2) is 9.85. The van der Waals surface area contributed by atoms with Crippen molar-refractivity contribution in [3.63, 3.8) is 0 Å². The van der Waals surface area contributed by atoms with Crippen LogP contribution in [0.25, 0.3) is 11.3 Å². The summed E-state index contributed by atoms with van der Waals surface area (Å²) in [6.07, 6.45) is -7.53. The Hall–Kier alpha value is -3.75. The number of hydrogen-bond donors (Lipinski definition) is 0. The minimum atomic E-state index is -4.68. The lowest BCUT2D eigenvalue weighted by molar-refractivity contribution is -0.137. The molecule has 0 N–H and O–H groups in total. The minimum Gasteiger partial charge on any atom is -0.488 e. The first-order valence-electron chi connectivity index (χ1n) is 10.6. The molecule has 0 saturated carbocycles. The lowest BCUT2D eigenvalue weighted by atomic mass is 10.0. The third kappa shape index (κ3) is 5.85. The maximum Gasteiger partial charge on any atom is 0.416 e. The highest BCUT2D eigenvalue weighted by atomic mass is 19.4. The van der Waals surface area contributed by atoms with E-state index in [1.54, 1.807) is 19.2 Å². The van der Waals surface area contributed by atoms with Gasteiger partial charge in [-0.1, -0.05) is 30.3 Å². The molecule has 0 saturated heterocycles. The Morgan fingerprint density at radius 3 is 2.34 bits per heavy atom. The molecule has 3 nitrogen and oxygen atoms in total. The standard InChI is InChI=1S/C26H20F6N2O/c1-34-23(14-21(33-34)11-17-9-19(26(30,31)32)13-20(27)10-17)18-7-8-24(22(12-18)25(28)29)35-15-16-5-3-2-4-6-16/h2-10,12-14,25H,11,15H2,1H3. The SMILES string of the molecule is Cn1nc(Cc2cc(F)cc(C(F)(F)F)c2)cc1-c1ccc(OCc2ccccc2)c(C(F)F)c1. The van der Waals surface area contributed by atoms with Gasteiger partial charge in [-0.05, 0) is 53.6 Å². The molecule has 0 bridgehead atoms. The van der Waals surface area contributed by atoms with Crippen LogP contribution in [0.1, 0.15) is 34.4 Å². The molecule has 0 fully saturated rings. The average Bonchev–Trinajstić information content (AvgIpc) is 3.17. The molecular weight excluding hydrogens is 470 g/mol. The molecule has 4 aromatic rings. The predicted molar refractivity (Wildman–Crippen MR) is 119 cm³/mol. The van der Waals surface area contributed by atoms with Gasteiger partial charge >= 0.3 is 6.18 Å². The van der Waals surface area contributed by atoms with Crippen LogP contribution in [0.2, 0.25) is 0 Å². The number of hydrogen-bond acceptors (Lipinski definition) is 2. The van der Waals surface area contributed by atoms with Crippen LogP contribution in [0.4, 0.5) is 26.3 Å². The molecule has 35 heavy (non-hydrogen) atoms. The molecular formula is C26H20F6N2O. The van der Waals surface area contributed by atoms with Gasteiger partial charge in [-0.3, -0.25) is 4.68 Å². The maximum atomic E-state index is 13.8.